The number of rotatable bonds is 2. The van der Waals surface area contributed by atoms with Gasteiger partial charge in [0.1, 0.15) is 0 Å². The van der Waals surface area contributed by atoms with Crippen molar-refractivity contribution in [2.24, 2.45) is 0 Å². The van der Waals surface area contributed by atoms with E-state index >= 15 is 0 Å². The van der Waals surface area contributed by atoms with Crippen LogP contribution in [0.2, 0.25) is 0 Å². The fraction of sp³-hybridized carbons (Fsp3) is 0.250. The molecule has 0 fully saturated rings. The van der Waals surface area contributed by atoms with Crippen molar-refractivity contribution < 1.29 is 4.79 Å². The molecular weight excluding hydrogens is 380 g/mol. The molecule has 0 unspecified atom stereocenters. The van der Waals surface area contributed by atoms with Gasteiger partial charge in [-0.1, -0.05) is 68.4 Å². The molecule has 0 N–H and O–H groups in total. The standard InChI is InChI=1S/C28H28N2O/c1-19-28(2,3)24-18-22(14-15-25(24)29(19)4)26-23-13-9-8-10-20(23)16-17-30(26)27(31)21-11-6-5-7-12-21/h5-19,26H,1-4H3/t19-,26-/m1/s1. The number of carbonyl (C=O) groups excluding carboxylic acids is 1. The molecule has 0 aromatic heterocycles. The van der Waals surface area contributed by atoms with E-state index in [1.54, 1.807) is 0 Å². The third kappa shape index (κ3) is 2.99. The number of nitrogens with zero attached hydrogens (tertiary/aromatic N) is 2. The molecule has 2 aliphatic rings. The summed E-state index contributed by atoms with van der Waals surface area (Å²) in [7, 11) is 2.17. The van der Waals surface area contributed by atoms with Crippen molar-refractivity contribution >= 4 is 17.7 Å². The Morgan fingerprint density at radius 2 is 1.65 bits per heavy atom. The first-order valence-corrected chi connectivity index (χ1v) is 10.9. The van der Waals surface area contributed by atoms with Gasteiger partial charge < -0.3 is 9.80 Å². The zero-order valence-corrected chi connectivity index (χ0v) is 18.5. The quantitative estimate of drug-likeness (QED) is 0.518. The van der Waals surface area contributed by atoms with Gasteiger partial charge in [-0.15, -0.1) is 0 Å². The Kier molecular flexibility index (Phi) is 4.51. The number of likely N-dealkylation sites (N-methyl/N-ethyl adjacent to an activating group) is 1. The lowest BCUT2D eigenvalue weighted by Crippen LogP contribution is -2.36. The first-order valence-electron chi connectivity index (χ1n) is 10.9. The Morgan fingerprint density at radius 3 is 2.42 bits per heavy atom. The summed E-state index contributed by atoms with van der Waals surface area (Å²) >= 11 is 0. The van der Waals surface area contributed by atoms with E-state index in [4.69, 9.17) is 0 Å². The number of hydrogen-bond acceptors (Lipinski definition) is 2. The van der Waals surface area contributed by atoms with Crippen LogP contribution in [0.3, 0.4) is 0 Å². The Hall–Kier alpha value is -3.33. The average molecular weight is 409 g/mol. The molecule has 0 aliphatic carbocycles. The second kappa shape index (κ2) is 7.12. The zero-order valence-electron chi connectivity index (χ0n) is 18.5. The van der Waals surface area contributed by atoms with E-state index in [2.05, 4.69) is 75.2 Å². The van der Waals surface area contributed by atoms with Crippen LogP contribution in [0, 0.1) is 0 Å². The van der Waals surface area contributed by atoms with Crippen LogP contribution in [0.15, 0.2) is 79.0 Å². The first-order chi connectivity index (χ1) is 14.9. The molecule has 3 aromatic rings. The van der Waals surface area contributed by atoms with Gasteiger partial charge in [-0.25, -0.2) is 0 Å². The molecule has 2 heterocycles. The van der Waals surface area contributed by atoms with E-state index in [9.17, 15) is 4.79 Å². The van der Waals surface area contributed by atoms with E-state index in [1.165, 1.54) is 11.3 Å². The minimum absolute atomic E-state index is 0.0154. The fourth-order valence-electron chi connectivity index (χ4n) is 5.03. The van der Waals surface area contributed by atoms with Crippen molar-refractivity contribution in [3.8, 4) is 0 Å². The SMILES string of the molecule is C[C@H]1N(C)c2ccc([C@@H]3c4ccccc4C=CN3C(=O)c3ccccc3)cc2C1(C)C. The molecule has 156 valence electrons. The third-order valence-corrected chi connectivity index (χ3v) is 7.27. The van der Waals surface area contributed by atoms with E-state index < -0.39 is 0 Å². The molecule has 0 bridgehead atoms. The van der Waals surface area contributed by atoms with Gasteiger partial charge in [0.15, 0.2) is 0 Å². The molecule has 3 heteroatoms. The molecule has 0 spiro atoms. The summed E-state index contributed by atoms with van der Waals surface area (Å²) in [5.74, 6) is 0.0154. The summed E-state index contributed by atoms with van der Waals surface area (Å²) < 4.78 is 0. The summed E-state index contributed by atoms with van der Waals surface area (Å²) in [6, 6.07) is 24.9. The lowest BCUT2D eigenvalue weighted by molar-refractivity contribution is 0.0787. The van der Waals surface area contributed by atoms with Crippen molar-refractivity contribution in [3.05, 3.63) is 107 Å². The zero-order chi connectivity index (χ0) is 21.8. The average Bonchev–Trinajstić information content (AvgIpc) is 2.98. The van der Waals surface area contributed by atoms with E-state index in [1.807, 2.05) is 47.5 Å². The van der Waals surface area contributed by atoms with Crippen molar-refractivity contribution in [3.63, 3.8) is 0 Å². The van der Waals surface area contributed by atoms with Gasteiger partial charge in [-0.3, -0.25) is 4.79 Å². The maximum atomic E-state index is 13.5. The predicted molar refractivity (Wildman–Crippen MR) is 127 cm³/mol. The monoisotopic (exact) mass is 408 g/mol. The molecule has 2 aliphatic heterocycles. The Morgan fingerprint density at radius 1 is 0.935 bits per heavy atom. The molecular formula is C28H28N2O. The molecule has 31 heavy (non-hydrogen) atoms. The van der Waals surface area contributed by atoms with Crippen molar-refractivity contribution in [2.75, 3.05) is 11.9 Å². The summed E-state index contributed by atoms with van der Waals surface area (Å²) in [5.41, 5.74) is 6.84. The number of benzene rings is 3. The van der Waals surface area contributed by atoms with Gasteiger partial charge >= 0.3 is 0 Å². The van der Waals surface area contributed by atoms with E-state index in [0.717, 1.165) is 16.7 Å². The minimum atomic E-state index is -0.156. The van der Waals surface area contributed by atoms with Gasteiger partial charge in [0.2, 0.25) is 0 Å². The van der Waals surface area contributed by atoms with Crippen LogP contribution in [-0.2, 0) is 5.41 Å². The molecule has 0 radical (unpaired) electrons. The summed E-state index contributed by atoms with van der Waals surface area (Å²) in [6.07, 6.45) is 3.98. The number of hydrogen-bond donors (Lipinski definition) is 0. The van der Waals surface area contributed by atoms with Gasteiger partial charge in [0.25, 0.3) is 5.91 Å². The van der Waals surface area contributed by atoms with Gasteiger partial charge in [-0.05, 0) is 53.5 Å². The van der Waals surface area contributed by atoms with Gasteiger partial charge in [0, 0.05) is 36.0 Å². The first kappa shape index (κ1) is 19.6. The second-order valence-corrected chi connectivity index (χ2v) is 9.21. The lowest BCUT2D eigenvalue weighted by atomic mass is 9.79. The summed E-state index contributed by atoms with van der Waals surface area (Å²) in [5, 5.41) is 0. The molecule has 3 nitrogen and oxygen atoms in total. The molecule has 0 saturated heterocycles. The van der Waals surface area contributed by atoms with E-state index in [0.29, 0.717) is 11.6 Å². The normalized spacial score (nSPS) is 21.0. The predicted octanol–water partition coefficient (Wildman–Crippen LogP) is 6.02. The molecule has 0 saturated carbocycles. The highest BCUT2D eigenvalue weighted by Crippen LogP contribution is 2.46. The van der Waals surface area contributed by atoms with Gasteiger partial charge in [-0.2, -0.15) is 0 Å². The smallest absolute Gasteiger partial charge is 0.258 e. The number of fused-ring (bicyclic) bond motifs is 2. The van der Waals surface area contributed by atoms with Crippen molar-refractivity contribution in [1.82, 2.24) is 4.90 Å². The minimum Gasteiger partial charge on any atom is -0.371 e. The van der Waals surface area contributed by atoms with Crippen LogP contribution < -0.4 is 4.90 Å². The fourth-order valence-corrected chi connectivity index (χ4v) is 5.03. The highest BCUT2D eigenvalue weighted by molar-refractivity contribution is 5.96. The molecule has 3 aromatic carbocycles. The summed E-state index contributed by atoms with van der Waals surface area (Å²) in [6.45, 7) is 6.90. The highest BCUT2D eigenvalue weighted by Gasteiger charge is 2.41. The van der Waals surface area contributed by atoms with Gasteiger partial charge in [0.05, 0.1) is 6.04 Å². The number of amides is 1. The number of anilines is 1. The molecule has 1 amide bonds. The van der Waals surface area contributed by atoms with Crippen molar-refractivity contribution in [2.45, 2.75) is 38.3 Å². The van der Waals surface area contributed by atoms with Crippen LogP contribution in [0.4, 0.5) is 5.69 Å². The third-order valence-electron chi connectivity index (χ3n) is 7.27. The Balaban J connectivity index is 1.66. The van der Waals surface area contributed by atoms with Crippen molar-refractivity contribution in [1.29, 1.82) is 0 Å². The van der Waals surface area contributed by atoms with Crippen LogP contribution in [0.1, 0.15) is 59.4 Å². The topological polar surface area (TPSA) is 23.6 Å². The van der Waals surface area contributed by atoms with E-state index in [-0.39, 0.29) is 17.4 Å². The largest absolute Gasteiger partial charge is 0.371 e. The van der Waals surface area contributed by atoms with Crippen LogP contribution in [0.25, 0.3) is 6.08 Å². The maximum absolute atomic E-state index is 13.5. The second-order valence-electron chi connectivity index (χ2n) is 9.21. The Labute approximate surface area is 184 Å². The number of carbonyl (C=O) groups is 1. The van der Waals surface area contributed by atoms with Crippen LogP contribution in [0.5, 0.6) is 0 Å². The molecule has 2 atom stereocenters. The van der Waals surface area contributed by atoms with Crippen LogP contribution >= 0.6 is 0 Å². The van der Waals surface area contributed by atoms with Crippen LogP contribution in [-0.4, -0.2) is 23.9 Å². The lowest BCUT2D eigenvalue weighted by Gasteiger charge is -2.34. The summed E-state index contributed by atoms with van der Waals surface area (Å²) in [4.78, 5) is 17.8. The molecule has 5 rings (SSSR count). The highest BCUT2D eigenvalue weighted by atomic mass is 16.2. The maximum Gasteiger partial charge on any atom is 0.258 e. The Bertz CT molecular complexity index is 1180.